The van der Waals surface area contributed by atoms with Gasteiger partial charge in [0.2, 0.25) is 5.75 Å². The zero-order chi connectivity index (χ0) is 31.9. The average Bonchev–Trinajstić information content (AvgIpc) is 3.00. The van der Waals surface area contributed by atoms with Crippen LogP contribution < -0.4 is 24.4 Å². The Morgan fingerprint density at radius 2 is 1.66 bits per heavy atom. The molecule has 4 aromatic carbocycles. The first-order valence-corrected chi connectivity index (χ1v) is 13.0. The summed E-state index contributed by atoms with van der Waals surface area (Å²) in [5.41, 5.74) is 1.78. The summed E-state index contributed by atoms with van der Waals surface area (Å²) in [6.07, 6.45) is -3.54. The lowest BCUT2D eigenvalue weighted by Gasteiger charge is -2.14. The van der Waals surface area contributed by atoms with Crippen molar-refractivity contribution in [2.24, 2.45) is 5.10 Å². The molecule has 0 fully saturated rings. The van der Waals surface area contributed by atoms with Gasteiger partial charge in [0.15, 0.2) is 23.0 Å². The molecule has 0 saturated heterocycles. The summed E-state index contributed by atoms with van der Waals surface area (Å²) in [6.45, 7) is 0.310. The van der Waals surface area contributed by atoms with E-state index >= 15 is 0 Å². The fourth-order valence-electron chi connectivity index (χ4n) is 3.84. The molecule has 0 heterocycles. The van der Waals surface area contributed by atoms with Crippen molar-refractivity contribution in [2.45, 2.75) is 12.8 Å². The molecule has 0 atom stereocenters. The molecule has 1 N–H and O–H groups in total. The number of methoxy groups -OCH3 is 2. The third-order valence-corrected chi connectivity index (χ3v) is 6.27. The van der Waals surface area contributed by atoms with E-state index in [1.165, 1.54) is 38.6 Å². The molecule has 0 aromatic heterocycles. The second-order valence-corrected chi connectivity index (χ2v) is 9.32. The number of hydrogen-bond donors (Lipinski definition) is 1. The van der Waals surface area contributed by atoms with Crippen LogP contribution in [0.5, 0.6) is 28.7 Å². The van der Waals surface area contributed by atoms with Crippen molar-refractivity contribution in [1.82, 2.24) is 5.43 Å². The highest BCUT2D eigenvalue weighted by Crippen LogP contribution is 2.43. The molecule has 0 aliphatic rings. The highest BCUT2D eigenvalue weighted by molar-refractivity contribution is 6.32. The number of nitro benzene ring substituents is 1. The third kappa shape index (κ3) is 7.75. The molecule has 0 aliphatic heterocycles. The smallest absolute Gasteiger partial charge is 0.416 e. The topological polar surface area (TPSA) is 122 Å². The first kappa shape index (κ1) is 31.6. The largest absolute Gasteiger partial charge is 0.493 e. The van der Waals surface area contributed by atoms with Crippen molar-refractivity contribution in [3.63, 3.8) is 0 Å². The number of halogens is 4. The Morgan fingerprint density at radius 3 is 2.32 bits per heavy atom. The van der Waals surface area contributed by atoms with Gasteiger partial charge in [0.05, 0.1) is 35.9 Å². The number of benzene rings is 4. The Balaban J connectivity index is 1.47. The molecule has 4 aromatic rings. The number of rotatable bonds is 11. The summed E-state index contributed by atoms with van der Waals surface area (Å²) in [4.78, 5) is 23.1. The molecule has 228 valence electrons. The highest BCUT2D eigenvalue weighted by atomic mass is 35.5. The Bertz CT molecular complexity index is 1700. The second kappa shape index (κ2) is 13.8. The van der Waals surface area contributed by atoms with Gasteiger partial charge in [0, 0.05) is 11.6 Å². The maximum Gasteiger partial charge on any atom is 0.416 e. The number of hydrazone groups is 1. The van der Waals surface area contributed by atoms with Crippen LogP contribution in [0.3, 0.4) is 0 Å². The van der Waals surface area contributed by atoms with E-state index in [1.807, 2.05) is 30.3 Å². The van der Waals surface area contributed by atoms with E-state index in [0.29, 0.717) is 35.8 Å². The maximum atomic E-state index is 13.0. The molecular formula is C30H23ClF3N3O7. The molecule has 1 amide bonds. The number of nitrogens with zero attached hydrogens (tertiary/aromatic N) is 2. The van der Waals surface area contributed by atoms with Gasteiger partial charge in [-0.2, -0.15) is 18.3 Å². The Labute approximate surface area is 253 Å². The summed E-state index contributed by atoms with van der Waals surface area (Å²) in [6, 6.07) is 18.7. The zero-order valence-electron chi connectivity index (χ0n) is 23.1. The first-order chi connectivity index (χ1) is 21.0. The molecule has 0 unspecified atom stereocenters. The summed E-state index contributed by atoms with van der Waals surface area (Å²) >= 11 is 6.32. The minimum Gasteiger partial charge on any atom is -0.493 e. The normalized spacial score (nSPS) is 11.2. The number of hydrogen-bond acceptors (Lipinski definition) is 8. The molecule has 10 nitrogen and oxygen atoms in total. The molecule has 44 heavy (non-hydrogen) atoms. The summed E-state index contributed by atoms with van der Waals surface area (Å²) < 4.78 is 61.1. The van der Waals surface area contributed by atoms with E-state index < -0.39 is 34.0 Å². The lowest BCUT2D eigenvalue weighted by atomic mass is 10.1. The van der Waals surface area contributed by atoms with E-state index in [-0.39, 0.29) is 22.1 Å². The van der Waals surface area contributed by atoms with Crippen LogP contribution in [0, 0.1) is 10.1 Å². The van der Waals surface area contributed by atoms with Crippen LogP contribution in [0.25, 0.3) is 0 Å². The second-order valence-electron chi connectivity index (χ2n) is 8.91. The predicted octanol–water partition coefficient (Wildman–Crippen LogP) is 7.42. The van der Waals surface area contributed by atoms with Gasteiger partial charge in [-0.1, -0.05) is 41.9 Å². The molecule has 0 saturated carbocycles. The maximum absolute atomic E-state index is 13.0. The molecule has 4 rings (SSSR count). The van der Waals surface area contributed by atoms with E-state index in [1.54, 1.807) is 12.1 Å². The monoisotopic (exact) mass is 629 g/mol. The van der Waals surface area contributed by atoms with Crippen LogP contribution >= 0.6 is 11.6 Å². The number of amides is 1. The summed E-state index contributed by atoms with van der Waals surface area (Å²) in [7, 11) is 2.72. The first-order valence-electron chi connectivity index (χ1n) is 12.6. The minimum atomic E-state index is -4.79. The minimum absolute atomic E-state index is 0.00435. The van der Waals surface area contributed by atoms with Crippen LogP contribution in [0.2, 0.25) is 5.02 Å². The average molecular weight is 630 g/mol. The number of carbonyl (C=O) groups is 1. The number of nitro groups is 1. The number of nitrogens with one attached hydrogen (secondary N) is 1. The Hall–Kier alpha value is -5.30. The van der Waals surface area contributed by atoms with Gasteiger partial charge in [-0.3, -0.25) is 14.9 Å². The molecule has 14 heteroatoms. The zero-order valence-corrected chi connectivity index (χ0v) is 23.8. The Morgan fingerprint density at radius 1 is 0.955 bits per heavy atom. The fourth-order valence-corrected chi connectivity index (χ4v) is 4.10. The quantitative estimate of drug-likeness (QED) is 0.104. The fraction of sp³-hybridized carbons (Fsp3) is 0.133. The number of ether oxygens (including phenoxy) is 4. The van der Waals surface area contributed by atoms with Gasteiger partial charge in [-0.15, -0.1) is 0 Å². The highest BCUT2D eigenvalue weighted by Gasteiger charge is 2.33. The third-order valence-electron chi connectivity index (χ3n) is 5.99. The van der Waals surface area contributed by atoms with Gasteiger partial charge in [0.25, 0.3) is 5.91 Å². The summed E-state index contributed by atoms with van der Waals surface area (Å²) in [5, 5.41) is 15.3. The lowest BCUT2D eigenvalue weighted by molar-refractivity contribution is -0.385. The van der Waals surface area contributed by atoms with Gasteiger partial charge in [0.1, 0.15) is 6.61 Å². The van der Waals surface area contributed by atoms with Crippen LogP contribution in [-0.4, -0.2) is 31.3 Å². The predicted molar refractivity (Wildman–Crippen MR) is 155 cm³/mol. The van der Waals surface area contributed by atoms with Crippen molar-refractivity contribution in [1.29, 1.82) is 0 Å². The van der Waals surface area contributed by atoms with Gasteiger partial charge >= 0.3 is 11.9 Å². The van der Waals surface area contributed by atoms with Crippen molar-refractivity contribution in [3.8, 4) is 28.7 Å². The molecule has 0 bridgehead atoms. The van der Waals surface area contributed by atoms with E-state index in [2.05, 4.69) is 10.5 Å². The van der Waals surface area contributed by atoms with Gasteiger partial charge in [-0.05, 0) is 53.6 Å². The van der Waals surface area contributed by atoms with Crippen LogP contribution in [-0.2, 0) is 12.8 Å². The van der Waals surface area contributed by atoms with Crippen LogP contribution in [0.4, 0.5) is 18.9 Å². The lowest BCUT2D eigenvalue weighted by Crippen LogP contribution is -2.17. The molecule has 0 spiro atoms. The number of carbonyl (C=O) groups excluding carboxylic acids is 1. The van der Waals surface area contributed by atoms with Crippen molar-refractivity contribution in [3.05, 3.63) is 116 Å². The standard InChI is InChI=1S/C30H23ClF3N3O7/c1-41-26-14-20(8-10-25(26)43-17-18-6-4-3-5-7-18)29(38)36-35-16-19-12-22(31)28(27(13-19)42-2)44-24-11-9-21(30(32,33)34)15-23(24)37(39)40/h3-16H,17H2,1-2H3,(H,36,38)/b35-16+. The van der Waals surface area contributed by atoms with E-state index in [4.69, 9.17) is 30.5 Å². The van der Waals surface area contributed by atoms with Gasteiger partial charge < -0.3 is 18.9 Å². The van der Waals surface area contributed by atoms with Crippen molar-refractivity contribution < 1.29 is 41.8 Å². The summed E-state index contributed by atoms with van der Waals surface area (Å²) in [5.74, 6) is -0.430. The van der Waals surface area contributed by atoms with Gasteiger partial charge in [-0.25, -0.2) is 5.43 Å². The van der Waals surface area contributed by atoms with Crippen molar-refractivity contribution >= 4 is 29.4 Å². The van der Waals surface area contributed by atoms with E-state index in [0.717, 1.165) is 11.6 Å². The number of alkyl halides is 3. The van der Waals surface area contributed by atoms with Crippen LogP contribution in [0.15, 0.2) is 84.0 Å². The molecule has 0 radical (unpaired) electrons. The van der Waals surface area contributed by atoms with E-state index in [9.17, 15) is 28.1 Å². The Kier molecular flexibility index (Phi) is 9.91. The van der Waals surface area contributed by atoms with Crippen LogP contribution in [0.1, 0.15) is 27.0 Å². The SMILES string of the molecule is COc1cc(C(=O)N/N=C/c2cc(Cl)c(Oc3ccc(C(F)(F)F)cc3[N+](=O)[O-])c(OC)c2)ccc1OCc1ccccc1. The molecule has 0 aliphatic carbocycles. The van der Waals surface area contributed by atoms with Crippen molar-refractivity contribution in [2.75, 3.05) is 14.2 Å². The molecular weight excluding hydrogens is 607 g/mol.